The molecular formula is C10H11ClFNO4S. The largest absolute Gasteiger partial charge is 0.465 e. The number of nitrogens with one attached hydrogen (secondary N) is 1. The summed E-state index contributed by atoms with van der Waals surface area (Å²) in [7, 11) is -4.05. The lowest BCUT2D eigenvalue weighted by Gasteiger charge is -2.08. The zero-order valence-corrected chi connectivity index (χ0v) is 11.0. The minimum absolute atomic E-state index is 0.132. The minimum Gasteiger partial charge on any atom is -0.465 e. The maximum absolute atomic E-state index is 13.0. The number of carbonyl (C=O) groups is 1. The standard InChI is InChI=1S/C10H11ClFNO4S/c1-2-17-10(14)6-13-18(15,16)9-5-7(12)3-4-8(9)11/h3-5,13H,2,6H2,1H3. The van der Waals surface area contributed by atoms with Crippen molar-refractivity contribution < 1.29 is 22.3 Å². The predicted molar refractivity (Wildman–Crippen MR) is 63.2 cm³/mol. The van der Waals surface area contributed by atoms with Crippen LogP contribution in [0.25, 0.3) is 0 Å². The number of rotatable bonds is 5. The Balaban J connectivity index is 2.87. The molecule has 0 spiro atoms. The van der Waals surface area contributed by atoms with Gasteiger partial charge >= 0.3 is 5.97 Å². The normalized spacial score (nSPS) is 11.3. The van der Waals surface area contributed by atoms with Gasteiger partial charge in [-0.15, -0.1) is 0 Å². The lowest BCUT2D eigenvalue weighted by Crippen LogP contribution is -2.31. The summed E-state index contributed by atoms with van der Waals surface area (Å²) < 4.78 is 43.0. The Hall–Kier alpha value is -1.18. The van der Waals surface area contributed by atoms with Crippen molar-refractivity contribution in [2.45, 2.75) is 11.8 Å². The van der Waals surface area contributed by atoms with Crippen LogP contribution in [0.2, 0.25) is 5.02 Å². The first kappa shape index (κ1) is 14.9. The van der Waals surface area contributed by atoms with Crippen molar-refractivity contribution in [2.24, 2.45) is 0 Å². The van der Waals surface area contributed by atoms with Gasteiger partial charge in [-0.05, 0) is 25.1 Å². The molecule has 0 aliphatic carbocycles. The Morgan fingerprint density at radius 3 is 2.78 bits per heavy atom. The van der Waals surface area contributed by atoms with E-state index < -0.39 is 33.3 Å². The molecule has 0 aliphatic rings. The van der Waals surface area contributed by atoms with Gasteiger partial charge in [-0.1, -0.05) is 11.6 Å². The predicted octanol–water partition coefficient (Wildman–Crippen LogP) is 1.32. The van der Waals surface area contributed by atoms with E-state index in [1.54, 1.807) is 6.92 Å². The second-order valence-corrected chi connectivity index (χ2v) is 5.35. The summed E-state index contributed by atoms with van der Waals surface area (Å²) in [6.07, 6.45) is 0. The number of carbonyl (C=O) groups excluding carboxylic acids is 1. The fourth-order valence-corrected chi connectivity index (χ4v) is 2.60. The van der Waals surface area contributed by atoms with E-state index in [1.165, 1.54) is 0 Å². The quantitative estimate of drug-likeness (QED) is 0.832. The molecular weight excluding hydrogens is 285 g/mol. The van der Waals surface area contributed by atoms with Crippen molar-refractivity contribution in [2.75, 3.05) is 13.2 Å². The van der Waals surface area contributed by atoms with E-state index in [1.807, 2.05) is 4.72 Å². The van der Waals surface area contributed by atoms with Crippen LogP contribution in [0.3, 0.4) is 0 Å². The monoisotopic (exact) mass is 295 g/mol. The molecule has 100 valence electrons. The molecule has 0 aromatic heterocycles. The molecule has 18 heavy (non-hydrogen) atoms. The SMILES string of the molecule is CCOC(=O)CNS(=O)(=O)c1cc(F)ccc1Cl. The molecule has 0 aliphatic heterocycles. The van der Waals surface area contributed by atoms with E-state index in [9.17, 15) is 17.6 Å². The average Bonchev–Trinajstić information content (AvgIpc) is 2.30. The van der Waals surface area contributed by atoms with Crippen molar-refractivity contribution in [3.05, 3.63) is 29.0 Å². The number of hydrogen-bond donors (Lipinski definition) is 1. The van der Waals surface area contributed by atoms with Gasteiger partial charge in [0.15, 0.2) is 0 Å². The maximum atomic E-state index is 13.0. The minimum atomic E-state index is -4.05. The van der Waals surface area contributed by atoms with Crippen LogP contribution in [0.1, 0.15) is 6.92 Å². The molecule has 0 saturated carbocycles. The van der Waals surface area contributed by atoms with Crippen LogP contribution in [-0.4, -0.2) is 27.5 Å². The lowest BCUT2D eigenvalue weighted by molar-refractivity contribution is -0.141. The van der Waals surface area contributed by atoms with Crippen LogP contribution in [0.5, 0.6) is 0 Å². The molecule has 1 aromatic carbocycles. The Labute approximate surface area is 109 Å². The van der Waals surface area contributed by atoms with E-state index in [2.05, 4.69) is 4.74 Å². The van der Waals surface area contributed by atoms with Gasteiger partial charge in [0.1, 0.15) is 17.3 Å². The van der Waals surface area contributed by atoms with E-state index in [-0.39, 0.29) is 11.6 Å². The highest BCUT2D eigenvalue weighted by molar-refractivity contribution is 7.89. The third kappa shape index (κ3) is 3.94. The van der Waals surface area contributed by atoms with E-state index in [0.29, 0.717) is 0 Å². The van der Waals surface area contributed by atoms with Crippen LogP contribution in [-0.2, 0) is 19.6 Å². The van der Waals surface area contributed by atoms with Crippen molar-refractivity contribution in [3.63, 3.8) is 0 Å². The number of sulfonamides is 1. The molecule has 8 heteroatoms. The zero-order valence-electron chi connectivity index (χ0n) is 9.44. The van der Waals surface area contributed by atoms with Gasteiger partial charge < -0.3 is 4.74 Å². The molecule has 0 radical (unpaired) electrons. The summed E-state index contributed by atoms with van der Waals surface area (Å²) in [6.45, 7) is 1.19. The first-order valence-electron chi connectivity index (χ1n) is 4.97. The van der Waals surface area contributed by atoms with E-state index in [0.717, 1.165) is 18.2 Å². The summed E-state index contributed by atoms with van der Waals surface area (Å²) >= 11 is 5.66. The van der Waals surface area contributed by atoms with Crippen LogP contribution in [0.4, 0.5) is 4.39 Å². The van der Waals surface area contributed by atoms with E-state index in [4.69, 9.17) is 11.6 Å². The lowest BCUT2D eigenvalue weighted by atomic mass is 10.3. The molecule has 0 bridgehead atoms. The number of benzene rings is 1. The molecule has 0 fully saturated rings. The molecule has 0 heterocycles. The Bertz CT molecular complexity index is 547. The second kappa shape index (κ2) is 6.12. The summed E-state index contributed by atoms with van der Waals surface area (Å²) in [6, 6.07) is 2.93. The summed E-state index contributed by atoms with van der Waals surface area (Å²) in [5.74, 6) is -1.47. The molecule has 1 N–H and O–H groups in total. The first-order chi connectivity index (χ1) is 8.36. The van der Waals surface area contributed by atoms with Crippen molar-refractivity contribution in [1.29, 1.82) is 0 Å². The molecule has 0 atom stereocenters. The van der Waals surface area contributed by atoms with Gasteiger partial charge in [-0.2, -0.15) is 4.72 Å². The van der Waals surface area contributed by atoms with Crippen molar-refractivity contribution in [1.82, 2.24) is 4.72 Å². The zero-order chi connectivity index (χ0) is 13.8. The third-order valence-corrected chi connectivity index (χ3v) is 3.78. The van der Waals surface area contributed by atoms with Crippen LogP contribution in [0, 0.1) is 5.82 Å². The van der Waals surface area contributed by atoms with Gasteiger partial charge in [0.05, 0.1) is 11.6 Å². The number of halogens is 2. The topological polar surface area (TPSA) is 72.5 Å². The van der Waals surface area contributed by atoms with Gasteiger partial charge in [-0.3, -0.25) is 4.79 Å². The number of esters is 1. The summed E-state index contributed by atoms with van der Waals surface area (Å²) in [5, 5.41) is -0.132. The highest BCUT2D eigenvalue weighted by Crippen LogP contribution is 2.21. The molecule has 0 unspecified atom stereocenters. The Morgan fingerprint density at radius 1 is 1.50 bits per heavy atom. The van der Waals surface area contributed by atoms with Crippen LogP contribution < -0.4 is 4.72 Å². The fraction of sp³-hybridized carbons (Fsp3) is 0.300. The molecule has 1 rings (SSSR count). The molecule has 0 amide bonds. The Kier molecular flexibility index (Phi) is 5.06. The van der Waals surface area contributed by atoms with Crippen molar-refractivity contribution in [3.8, 4) is 0 Å². The Morgan fingerprint density at radius 2 is 2.17 bits per heavy atom. The average molecular weight is 296 g/mol. The fourth-order valence-electron chi connectivity index (χ4n) is 1.13. The van der Waals surface area contributed by atoms with Crippen LogP contribution in [0.15, 0.2) is 23.1 Å². The van der Waals surface area contributed by atoms with Gasteiger partial charge in [-0.25, -0.2) is 12.8 Å². The summed E-state index contributed by atoms with van der Waals surface area (Å²) in [4.78, 5) is 10.6. The number of hydrogen-bond acceptors (Lipinski definition) is 4. The summed E-state index contributed by atoms with van der Waals surface area (Å²) in [5.41, 5.74) is 0. The smallest absolute Gasteiger partial charge is 0.321 e. The van der Waals surface area contributed by atoms with Gasteiger partial charge in [0.25, 0.3) is 0 Å². The van der Waals surface area contributed by atoms with E-state index >= 15 is 0 Å². The number of ether oxygens (including phenoxy) is 1. The molecule has 5 nitrogen and oxygen atoms in total. The maximum Gasteiger partial charge on any atom is 0.321 e. The van der Waals surface area contributed by atoms with Crippen molar-refractivity contribution >= 4 is 27.6 Å². The first-order valence-corrected chi connectivity index (χ1v) is 6.83. The highest BCUT2D eigenvalue weighted by atomic mass is 35.5. The van der Waals surface area contributed by atoms with Gasteiger partial charge in [0, 0.05) is 0 Å². The van der Waals surface area contributed by atoms with Crippen LogP contribution >= 0.6 is 11.6 Å². The molecule has 0 saturated heterocycles. The third-order valence-electron chi connectivity index (χ3n) is 1.89. The molecule has 1 aromatic rings. The van der Waals surface area contributed by atoms with Gasteiger partial charge in [0.2, 0.25) is 10.0 Å². The highest BCUT2D eigenvalue weighted by Gasteiger charge is 2.19. The second-order valence-electron chi connectivity index (χ2n) is 3.20.